The van der Waals surface area contributed by atoms with Crippen LogP contribution >= 0.6 is 0 Å². The summed E-state index contributed by atoms with van der Waals surface area (Å²) in [6.45, 7) is 9.18. The lowest BCUT2D eigenvalue weighted by molar-refractivity contribution is 0.0970. The van der Waals surface area contributed by atoms with E-state index in [9.17, 15) is 4.79 Å². The first kappa shape index (κ1) is 17.2. The average Bonchev–Trinajstić information content (AvgIpc) is 3.04. The Morgan fingerprint density at radius 1 is 1.22 bits per heavy atom. The van der Waals surface area contributed by atoms with Crippen LogP contribution in [-0.4, -0.2) is 28.1 Å². The van der Waals surface area contributed by atoms with Gasteiger partial charge in [0.15, 0.2) is 5.76 Å². The Morgan fingerprint density at radius 2 is 1.87 bits per heavy atom. The predicted octanol–water partition coefficient (Wildman–Crippen LogP) is 2.25. The molecule has 2 N–H and O–H groups in total. The number of furan rings is 1. The molecule has 126 valence electrons. The number of rotatable bonds is 6. The normalized spacial score (nSPS) is 12.1. The molecular formula is C16H24N4O3. The SMILES string of the molecule is CCc1nnc(CN(C)Cc2cc(C(N)=O)oc2C(C)(C)C)o1. The van der Waals surface area contributed by atoms with Crippen LogP contribution in [-0.2, 0) is 24.9 Å². The minimum absolute atomic E-state index is 0.185. The minimum atomic E-state index is -0.561. The molecule has 2 rings (SSSR count). The van der Waals surface area contributed by atoms with Crippen molar-refractivity contribution in [3.8, 4) is 0 Å². The van der Waals surface area contributed by atoms with Crippen molar-refractivity contribution < 1.29 is 13.6 Å². The van der Waals surface area contributed by atoms with E-state index in [1.807, 2.05) is 39.6 Å². The number of aromatic nitrogens is 2. The second kappa shape index (κ2) is 6.54. The first-order valence-corrected chi connectivity index (χ1v) is 7.63. The van der Waals surface area contributed by atoms with E-state index in [1.54, 1.807) is 6.07 Å². The maximum absolute atomic E-state index is 11.4. The zero-order valence-corrected chi connectivity index (χ0v) is 14.3. The number of hydrogen-bond donors (Lipinski definition) is 1. The fourth-order valence-corrected chi connectivity index (χ4v) is 2.38. The highest BCUT2D eigenvalue weighted by atomic mass is 16.4. The molecule has 2 aromatic heterocycles. The van der Waals surface area contributed by atoms with Gasteiger partial charge in [0.2, 0.25) is 11.8 Å². The highest BCUT2D eigenvalue weighted by Gasteiger charge is 2.26. The lowest BCUT2D eigenvalue weighted by Gasteiger charge is -2.20. The molecule has 2 aromatic rings. The number of carbonyl (C=O) groups excluding carboxylic acids is 1. The standard InChI is InChI=1S/C16H24N4O3/c1-6-12-18-19-13(23-12)9-20(5)8-10-7-11(15(17)21)22-14(10)16(2,3)4/h7H,6,8-9H2,1-5H3,(H2,17,21). The van der Waals surface area contributed by atoms with Crippen LogP contribution in [0.2, 0.25) is 0 Å². The third-order valence-corrected chi connectivity index (χ3v) is 3.39. The second-order valence-corrected chi connectivity index (χ2v) is 6.69. The van der Waals surface area contributed by atoms with Crippen molar-refractivity contribution >= 4 is 5.91 Å². The van der Waals surface area contributed by atoms with Crippen LogP contribution in [0.1, 0.15) is 61.4 Å². The molecule has 0 atom stereocenters. The first-order valence-electron chi connectivity index (χ1n) is 7.63. The summed E-state index contributed by atoms with van der Waals surface area (Å²) in [6, 6.07) is 1.71. The number of carbonyl (C=O) groups is 1. The molecule has 0 saturated carbocycles. The number of nitrogens with two attached hydrogens (primary N) is 1. The third kappa shape index (κ3) is 4.19. The molecule has 0 bridgehead atoms. The van der Waals surface area contributed by atoms with Crippen LogP contribution in [0.3, 0.4) is 0 Å². The fourth-order valence-electron chi connectivity index (χ4n) is 2.38. The van der Waals surface area contributed by atoms with Gasteiger partial charge >= 0.3 is 0 Å². The van der Waals surface area contributed by atoms with Crippen molar-refractivity contribution in [2.24, 2.45) is 5.73 Å². The van der Waals surface area contributed by atoms with Gasteiger partial charge < -0.3 is 14.6 Å². The maximum Gasteiger partial charge on any atom is 0.284 e. The molecule has 7 heteroatoms. The van der Waals surface area contributed by atoms with E-state index in [0.717, 1.165) is 11.3 Å². The molecule has 1 amide bonds. The molecule has 23 heavy (non-hydrogen) atoms. The molecule has 0 spiro atoms. The first-order chi connectivity index (χ1) is 10.7. The summed E-state index contributed by atoms with van der Waals surface area (Å²) >= 11 is 0. The molecule has 0 aliphatic heterocycles. The van der Waals surface area contributed by atoms with Crippen LogP contribution in [0, 0.1) is 0 Å². The molecule has 0 aliphatic carbocycles. The summed E-state index contributed by atoms with van der Waals surface area (Å²) < 4.78 is 11.2. The van der Waals surface area contributed by atoms with Gasteiger partial charge in [0, 0.05) is 23.9 Å². The number of nitrogens with zero attached hydrogens (tertiary/aromatic N) is 3. The van der Waals surface area contributed by atoms with E-state index < -0.39 is 5.91 Å². The van der Waals surface area contributed by atoms with Crippen molar-refractivity contribution in [3.05, 3.63) is 34.9 Å². The predicted molar refractivity (Wildman–Crippen MR) is 84.8 cm³/mol. The molecule has 0 radical (unpaired) electrons. The van der Waals surface area contributed by atoms with Crippen LogP contribution in [0.25, 0.3) is 0 Å². The molecule has 0 aliphatic rings. The van der Waals surface area contributed by atoms with E-state index >= 15 is 0 Å². The molecular weight excluding hydrogens is 296 g/mol. The van der Waals surface area contributed by atoms with Crippen LogP contribution < -0.4 is 5.73 Å². The number of hydrogen-bond acceptors (Lipinski definition) is 6. The van der Waals surface area contributed by atoms with Crippen LogP contribution in [0.15, 0.2) is 14.9 Å². The monoisotopic (exact) mass is 320 g/mol. The topological polar surface area (TPSA) is 98.4 Å². The van der Waals surface area contributed by atoms with E-state index in [0.29, 0.717) is 31.3 Å². The van der Waals surface area contributed by atoms with E-state index in [2.05, 4.69) is 10.2 Å². The van der Waals surface area contributed by atoms with Gasteiger partial charge in [-0.1, -0.05) is 27.7 Å². The largest absolute Gasteiger partial charge is 0.455 e. The highest BCUT2D eigenvalue weighted by Crippen LogP contribution is 2.29. The minimum Gasteiger partial charge on any atom is -0.455 e. The molecule has 0 unspecified atom stereocenters. The average molecular weight is 320 g/mol. The van der Waals surface area contributed by atoms with Gasteiger partial charge in [0.05, 0.1) is 6.54 Å². The lowest BCUT2D eigenvalue weighted by atomic mass is 9.90. The van der Waals surface area contributed by atoms with Gasteiger partial charge in [-0.2, -0.15) is 0 Å². The zero-order valence-electron chi connectivity index (χ0n) is 14.3. The Hall–Kier alpha value is -2.15. The van der Waals surface area contributed by atoms with Crippen molar-refractivity contribution in [1.82, 2.24) is 15.1 Å². The lowest BCUT2D eigenvalue weighted by Crippen LogP contribution is -2.20. The number of amides is 1. The maximum atomic E-state index is 11.4. The van der Waals surface area contributed by atoms with Crippen molar-refractivity contribution in [1.29, 1.82) is 0 Å². The quantitative estimate of drug-likeness (QED) is 0.876. The summed E-state index contributed by atoms with van der Waals surface area (Å²) in [5.41, 5.74) is 6.05. The van der Waals surface area contributed by atoms with Gasteiger partial charge in [-0.25, -0.2) is 0 Å². The van der Waals surface area contributed by atoms with Crippen molar-refractivity contribution in [2.45, 2.75) is 52.6 Å². The summed E-state index contributed by atoms with van der Waals surface area (Å²) in [5.74, 6) is 1.58. The van der Waals surface area contributed by atoms with E-state index in [1.165, 1.54) is 0 Å². The number of aryl methyl sites for hydroxylation is 1. The Kier molecular flexibility index (Phi) is 4.89. The van der Waals surface area contributed by atoms with Crippen molar-refractivity contribution in [3.63, 3.8) is 0 Å². The van der Waals surface area contributed by atoms with Crippen molar-refractivity contribution in [2.75, 3.05) is 7.05 Å². The van der Waals surface area contributed by atoms with E-state index in [-0.39, 0.29) is 11.2 Å². The van der Waals surface area contributed by atoms with Gasteiger partial charge in [-0.05, 0) is 13.1 Å². The Labute approximate surface area is 135 Å². The zero-order chi connectivity index (χ0) is 17.2. The van der Waals surface area contributed by atoms with Gasteiger partial charge in [0.1, 0.15) is 5.76 Å². The molecule has 0 fully saturated rings. The summed E-state index contributed by atoms with van der Waals surface area (Å²) in [6.07, 6.45) is 0.717. The molecule has 0 saturated heterocycles. The summed E-state index contributed by atoms with van der Waals surface area (Å²) in [4.78, 5) is 13.4. The summed E-state index contributed by atoms with van der Waals surface area (Å²) in [5, 5.41) is 7.97. The molecule has 7 nitrogen and oxygen atoms in total. The second-order valence-electron chi connectivity index (χ2n) is 6.69. The third-order valence-electron chi connectivity index (χ3n) is 3.39. The molecule has 2 heterocycles. The van der Waals surface area contributed by atoms with Crippen LogP contribution in [0.4, 0.5) is 0 Å². The Morgan fingerprint density at radius 3 is 2.39 bits per heavy atom. The summed E-state index contributed by atoms with van der Waals surface area (Å²) in [7, 11) is 1.94. The Bertz CT molecular complexity index is 682. The smallest absolute Gasteiger partial charge is 0.284 e. The van der Waals surface area contributed by atoms with Gasteiger partial charge in [-0.3, -0.25) is 9.69 Å². The van der Waals surface area contributed by atoms with Gasteiger partial charge in [-0.15, -0.1) is 10.2 Å². The van der Waals surface area contributed by atoms with E-state index in [4.69, 9.17) is 14.6 Å². The number of primary amides is 1. The Balaban J connectivity index is 2.16. The van der Waals surface area contributed by atoms with Crippen LogP contribution in [0.5, 0.6) is 0 Å². The van der Waals surface area contributed by atoms with Gasteiger partial charge in [0.25, 0.3) is 5.91 Å². The highest BCUT2D eigenvalue weighted by molar-refractivity contribution is 5.90. The fraction of sp³-hybridized carbons (Fsp3) is 0.562. The molecule has 0 aromatic carbocycles.